The molecule has 0 amide bonds. The summed E-state index contributed by atoms with van der Waals surface area (Å²) in [6.45, 7) is 8.36. The normalized spacial score (nSPS) is 11.1. The largest absolute Gasteiger partial charge is 0.398 e. The Balaban J connectivity index is 1.23. The van der Waals surface area contributed by atoms with Crippen molar-refractivity contribution in [2.45, 2.75) is 66.2 Å². The van der Waals surface area contributed by atoms with Crippen LogP contribution in [0.15, 0.2) is 72.8 Å². The van der Waals surface area contributed by atoms with Gasteiger partial charge in [0.15, 0.2) is 0 Å². The third-order valence-electron chi connectivity index (χ3n) is 7.35. The fourth-order valence-corrected chi connectivity index (χ4v) is 5.11. The lowest BCUT2D eigenvalue weighted by Gasteiger charge is -2.10. The van der Waals surface area contributed by atoms with Gasteiger partial charge in [0, 0.05) is 11.4 Å². The number of unbranched alkanes of at least 4 members (excludes halogenated alkanes) is 1. The number of rotatable bonds is 9. The predicted octanol–water partition coefficient (Wildman–Crippen LogP) is 7.83. The Hall–Kier alpha value is -3.52. The van der Waals surface area contributed by atoms with E-state index in [1.807, 2.05) is 0 Å². The first-order valence-electron chi connectivity index (χ1n) is 13.2. The molecule has 0 saturated carbocycles. The van der Waals surface area contributed by atoms with Gasteiger partial charge in [0.1, 0.15) is 0 Å². The zero-order valence-electron chi connectivity index (χ0n) is 22.3. The van der Waals surface area contributed by atoms with Gasteiger partial charge in [-0.15, -0.1) is 0 Å². The Bertz CT molecular complexity index is 1160. The van der Waals surface area contributed by atoms with Crippen molar-refractivity contribution in [1.82, 2.24) is 0 Å². The molecule has 0 saturated heterocycles. The number of anilines is 2. The van der Waals surface area contributed by atoms with Gasteiger partial charge in [-0.05, 0) is 122 Å². The van der Waals surface area contributed by atoms with Crippen molar-refractivity contribution >= 4 is 11.4 Å². The van der Waals surface area contributed by atoms with Gasteiger partial charge >= 0.3 is 0 Å². The maximum absolute atomic E-state index is 6.10. The Morgan fingerprint density at radius 3 is 1.00 bits per heavy atom. The average Bonchev–Trinajstić information content (AvgIpc) is 2.85. The molecule has 0 radical (unpaired) electrons. The molecule has 0 spiro atoms. The molecule has 186 valence electrons. The smallest absolute Gasteiger partial charge is 0.0373 e. The average molecular weight is 477 g/mol. The number of benzene rings is 4. The molecule has 0 bridgehead atoms. The molecule has 0 atom stereocenters. The van der Waals surface area contributed by atoms with Crippen molar-refractivity contribution < 1.29 is 0 Å². The van der Waals surface area contributed by atoms with Gasteiger partial charge in [0.2, 0.25) is 0 Å². The molecular formula is C34H40N2. The molecule has 0 aliphatic rings. The van der Waals surface area contributed by atoms with Crippen molar-refractivity contribution in [3.63, 3.8) is 0 Å². The maximum atomic E-state index is 6.10. The van der Waals surface area contributed by atoms with Crippen LogP contribution in [-0.4, -0.2) is 0 Å². The molecule has 2 heteroatoms. The number of aryl methyl sites for hydroxylation is 6. The van der Waals surface area contributed by atoms with Crippen molar-refractivity contribution in [2.24, 2.45) is 0 Å². The van der Waals surface area contributed by atoms with Gasteiger partial charge in [-0.3, -0.25) is 0 Å². The Kier molecular flexibility index (Phi) is 8.15. The minimum Gasteiger partial charge on any atom is -0.398 e. The molecule has 0 fully saturated rings. The van der Waals surface area contributed by atoms with E-state index in [0.29, 0.717) is 0 Å². The van der Waals surface area contributed by atoms with E-state index in [9.17, 15) is 0 Å². The van der Waals surface area contributed by atoms with Crippen LogP contribution in [0.2, 0.25) is 0 Å². The number of hydrogen-bond donors (Lipinski definition) is 2. The second-order valence-electron chi connectivity index (χ2n) is 10.5. The highest BCUT2D eigenvalue weighted by Crippen LogP contribution is 2.22. The second kappa shape index (κ2) is 11.5. The highest BCUT2D eigenvalue weighted by molar-refractivity contribution is 5.55. The van der Waals surface area contributed by atoms with E-state index in [1.54, 1.807) is 0 Å². The molecule has 0 unspecified atom stereocenters. The zero-order valence-corrected chi connectivity index (χ0v) is 22.3. The first-order valence-corrected chi connectivity index (χ1v) is 13.2. The summed E-state index contributed by atoms with van der Waals surface area (Å²) in [6, 6.07) is 27.1. The van der Waals surface area contributed by atoms with Crippen LogP contribution in [0.1, 0.15) is 68.5 Å². The first kappa shape index (κ1) is 25.6. The Morgan fingerprint density at radius 1 is 0.417 bits per heavy atom. The molecule has 4 aromatic rings. The van der Waals surface area contributed by atoms with Gasteiger partial charge in [-0.2, -0.15) is 0 Å². The van der Waals surface area contributed by atoms with Gasteiger partial charge in [-0.25, -0.2) is 0 Å². The quantitative estimate of drug-likeness (QED) is 0.191. The highest BCUT2D eigenvalue weighted by Gasteiger charge is 2.05. The van der Waals surface area contributed by atoms with Crippen molar-refractivity contribution in [3.8, 4) is 0 Å². The van der Waals surface area contributed by atoms with E-state index in [4.69, 9.17) is 11.5 Å². The number of nitrogens with two attached hydrogens (primary N) is 2. The fourth-order valence-electron chi connectivity index (χ4n) is 5.11. The molecule has 0 heterocycles. The van der Waals surface area contributed by atoms with Crippen LogP contribution in [0.5, 0.6) is 0 Å². The van der Waals surface area contributed by atoms with E-state index in [-0.39, 0.29) is 0 Å². The van der Waals surface area contributed by atoms with Gasteiger partial charge in [-0.1, -0.05) is 72.8 Å². The SMILES string of the molecule is Cc1cc(Cc2ccc(CCCCc3ccc(Cc4cc(C)c(N)c(C)c4)cc3)cc2)cc(C)c1N. The minimum atomic E-state index is 0.911. The minimum absolute atomic E-state index is 0.911. The summed E-state index contributed by atoms with van der Waals surface area (Å²) < 4.78 is 0. The van der Waals surface area contributed by atoms with E-state index >= 15 is 0 Å². The summed E-state index contributed by atoms with van der Waals surface area (Å²) in [5.41, 5.74) is 26.9. The predicted molar refractivity (Wildman–Crippen MR) is 156 cm³/mol. The van der Waals surface area contributed by atoms with Crippen LogP contribution in [0.25, 0.3) is 0 Å². The third-order valence-corrected chi connectivity index (χ3v) is 7.35. The van der Waals surface area contributed by atoms with Crippen LogP contribution in [-0.2, 0) is 25.7 Å². The monoisotopic (exact) mass is 476 g/mol. The lowest BCUT2D eigenvalue weighted by Crippen LogP contribution is -1.97. The summed E-state index contributed by atoms with van der Waals surface area (Å²) in [6.07, 6.45) is 6.59. The first-order chi connectivity index (χ1) is 17.3. The van der Waals surface area contributed by atoms with E-state index in [0.717, 1.165) is 37.1 Å². The van der Waals surface area contributed by atoms with Crippen LogP contribution >= 0.6 is 0 Å². The van der Waals surface area contributed by atoms with E-state index in [2.05, 4.69) is 100 Å². The number of nitrogen functional groups attached to an aromatic ring is 2. The fraction of sp³-hybridized carbons (Fsp3) is 0.294. The van der Waals surface area contributed by atoms with Gasteiger partial charge < -0.3 is 11.5 Å². The molecule has 4 rings (SSSR count). The van der Waals surface area contributed by atoms with Crippen molar-refractivity contribution in [3.05, 3.63) is 128 Å². The second-order valence-corrected chi connectivity index (χ2v) is 10.5. The topological polar surface area (TPSA) is 52.0 Å². The lowest BCUT2D eigenvalue weighted by molar-refractivity contribution is 0.734. The standard InChI is InChI=1S/C34H40N2/c1-23-17-31(18-24(2)33(23)35)21-29-13-9-27(10-14-29)7-5-6-8-28-11-15-30(16-12-28)22-32-19-25(3)34(36)26(4)20-32/h9-20H,5-8,21-22,35-36H2,1-4H3. The molecular weight excluding hydrogens is 436 g/mol. The van der Waals surface area contributed by atoms with Crippen LogP contribution < -0.4 is 11.5 Å². The molecule has 4 aromatic carbocycles. The van der Waals surface area contributed by atoms with Gasteiger partial charge in [0.25, 0.3) is 0 Å². The van der Waals surface area contributed by atoms with E-state index in [1.165, 1.54) is 68.5 Å². The van der Waals surface area contributed by atoms with Crippen molar-refractivity contribution in [1.29, 1.82) is 0 Å². The summed E-state index contributed by atoms with van der Waals surface area (Å²) in [5.74, 6) is 0. The molecule has 0 aromatic heterocycles. The number of hydrogen-bond acceptors (Lipinski definition) is 2. The zero-order chi connectivity index (χ0) is 25.7. The van der Waals surface area contributed by atoms with Crippen LogP contribution in [0, 0.1) is 27.7 Å². The molecule has 36 heavy (non-hydrogen) atoms. The Labute approximate surface area is 217 Å². The third kappa shape index (κ3) is 6.57. The lowest BCUT2D eigenvalue weighted by atomic mass is 9.97. The molecule has 0 aliphatic carbocycles. The van der Waals surface area contributed by atoms with E-state index < -0.39 is 0 Å². The van der Waals surface area contributed by atoms with Crippen LogP contribution in [0.4, 0.5) is 11.4 Å². The maximum Gasteiger partial charge on any atom is 0.0373 e. The van der Waals surface area contributed by atoms with Crippen LogP contribution in [0.3, 0.4) is 0 Å². The summed E-state index contributed by atoms with van der Waals surface area (Å²) in [5, 5.41) is 0. The molecule has 4 N–H and O–H groups in total. The summed E-state index contributed by atoms with van der Waals surface area (Å²) in [7, 11) is 0. The Morgan fingerprint density at radius 2 is 0.694 bits per heavy atom. The van der Waals surface area contributed by atoms with Crippen molar-refractivity contribution in [2.75, 3.05) is 11.5 Å². The highest BCUT2D eigenvalue weighted by atomic mass is 14.6. The summed E-state index contributed by atoms with van der Waals surface area (Å²) >= 11 is 0. The summed E-state index contributed by atoms with van der Waals surface area (Å²) in [4.78, 5) is 0. The van der Waals surface area contributed by atoms with Gasteiger partial charge in [0.05, 0.1) is 0 Å². The molecule has 2 nitrogen and oxygen atoms in total. The molecule has 0 aliphatic heterocycles.